The Morgan fingerprint density at radius 1 is 1.48 bits per heavy atom. The number of benzene rings is 1. The number of ether oxygens (including phenoxy) is 1. The lowest BCUT2D eigenvalue weighted by Crippen LogP contribution is -2.47. The molecule has 0 aromatic heterocycles. The molecule has 1 aliphatic rings. The highest BCUT2D eigenvalue weighted by Gasteiger charge is 2.37. The van der Waals surface area contributed by atoms with Crippen molar-refractivity contribution >= 4 is 11.6 Å². The van der Waals surface area contributed by atoms with E-state index in [1.165, 1.54) is 6.07 Å². The maximum absolute atomic E-state index is 13.8. The van der Waals surface area contributed by atoms with Crippen molar-refractivity contribution in [2.24, 2.45) is 5.41 Å². The number of halogens is 1. The highest BCUT2D eigenvalue weighted by atomic mass is 19.1. The third kappa shape index (κ3) is 3.53. The molecule has 1 saturated heterocycles. The van der Waals surface area contributed by atoms with E-state index in [4.69, 9.17) is 4.74 Å². The predicted molar refractivity (Wildman–Crippen MR) is 81.0 cm³/mol. The van der Waals surface area contributed by atoms with Crippen LogP contribution in [0.3, 0.4) is 0 Å². The zero-order chi connectivity index (χ0) is 15.3. The van der Waals surface area contributed by atoms with Crippen LogP contribution in [0.1, 0.15) is 33.1 Å². The van der Waals surface area contributed by atoms with Gasteiger partial charge in [-0.15, -0.1) is 0 Å². The fraction of sp³-hybridized carbons (Fsp3) is 0.562. The van der Waals surface area contributed by atoms with Crippen molar-refractivity contribution in [2.45, 2.75) is 33.1 Å². The van der Waals surface area contributed by atoms with Crippen LogP contribution in [0.15, 0.2) is 18.2 Å². The molecule has 2 N–H and O–H groups in total. The molecule has 0 spiro atoms. The molecule has 0 radical (unpaired) electrons. The summed E-state index contributed by atoms with van der Waals surface area (Å²) in [7, 11) is 0. The molecule has 2 rings (SSSR count). The van der Waals surface area contributed by atoms with Gasteiger partial charge in [0.25, 0.3) is 0 Å². The quantitative estimate of drug-likeness (QED) is 0.878. The summed E-state index contributed by atoms with van der Waals surface area (Å²) in [6.07, 6.45) is 2.62. The fourth-order valence-electron chi connectivity index (χ4n) is 2.74. The molecule has 1 aromatic rings. The Kier molecular flexibility index (Phi) is 5.17. The minimum atomic E-state index is -0.457. The number of rotatable bonds is 5. The van der Waals surface area contributed by atoms with E-state index in [1.807, 2.05) is 6.92 Å². The summed E-state index contributed by atoms with van der Waals surface area (Å²) in [6.45, 7) is 5.86. The van der Waals surface area contributed by atoms with Crippen molar-refractivity contribution in [3.63, 3.8) is 0 Å². The van der Waals surface area contributed by atoms with Gasteiger partial charge in [-0.3, -0.25) is 4.79 Å². The maximum Gasteiger partial charge on any atom is 0.231 e. The lowest BCUT2D eigenvalue weighted by molar-refractivity contribution is -0.126. The molecule has 1 amide bonds. The number of nitrogens with one attached hydrogen (secondary N) is 2. The van der Waals surface area contributed by atoms with Crippen LogP contribution >= 0.6 is 0 Å². The van der Waals surface area contributed by atoms with Gasteiger partial charge < -0.3 is 15.4 Å². The largest absolute Gasteiger partial charge is 0.491 e. The van der Waals surface area contributed by atoms with E-state index in [2.05, 4.69) is 10.6 Å². The molecule has 1 atom stereocenters. The zero-order valence-electron chi connectivity index (χ0n) is 12.7. The zero-order valence-corrected chi connectivity index (χ0v) is 12.7. The fourth-order valence-corrected chi connectivity index (χ4v) is 2.74. The topological polar surface area (TPSA) is 50.4 Å². The Bertz CT molecular complexity index is 499. The smallest absolute Gasteiger partial charge is 0.231 e. The molecule has 0 aliphatic carbocycles. The second-order valence-electron chi connectivity index (χ2n) is 5.45. The van der Waals surface area contributed by atoms with Crippen molar-refractivity contribution in [3.8, 4) is 5.75 Å². The van der Waals surface area contributed by atoms with E-state index in [9.17, 15) is 9.18 Å². The first-order chi connectivity index (χ1) is 10.1. The molecule has 116 valence electrons. The summed E-state index contributed by atoms with van der Waals surface area (Å²) < 4.78 is 19.0. The van der Waals surface area contributed by atoms with Crippen LogP contribution in [-0.4, -0.2) is 25.6 Å². The molecular weight excluding hydrogens is 271 g/mol. The van der Waals surface area contributed by atoms with Crippen LogP contribution in [0, 0.1) is 11.2 Å². The number of hydrogen-bond acceptors (Lipinski definition) is 3. The molecule has 5 heteroatoms. The van der Waals surface area contributed by atoms with Gasteiger partial charge in [0.15, 0.2) is 11.6 Å². The van der Waals surface area contributed by atoms with Crippen LogP contribution < -0.4 is 15.4 Å². The number of anilines is 1. The van der Waals surface area contributed by atoms with E-state index >= 15 is 0 Å². The molecule has 1 aromatic carbocycles. The van der Waals surface area contributed by atoms with E-state index in [0.717, 1.165) is 25.8 Å². The van der Waals surface area contributed by atoms with Gasteiger partial charge in [-0.1, -0.05) is 6.92 Å². The lowest BCUT2D eigenvalue weighted by Gasteiger charge is -2.35. The second kappa shape index (κ2) is 6.89. The summed E-state index contributed by atoms with van der Waals surface area (Å²) in [5, 5.41) is 6.11. The van der Waals surface area contributed by atoms with E-state index in [1.54, 1.807) is 19.1 Å². The van der Waals surface area contributed by atoms with Gasteiger partial charge >= 0.3 is 0 Å². The van der Waals surface area contributed by atoms with Gasteiger partial charge in [0, 0.05) is 18.3 Å². The van der Waals surface area contributed by atoms with Crippen molar-refractivity contribution in [1.82, 2.24) is 5.32 Å². The van der Waals surface area contributed by atoms with Crippen molar-refractivity contribution in [1.29, 1.82) is 0 Å². The number of carbonyl (C=O) groups excluding carboxylic acids is 1. The Balaban J connectivity index is 2.09. The predicted octanol–water partition coefficient (Wildman–Crippen LogP) is 2.94. The summed E-state index contributed by atoms with van der Waals surface area (Å²) in [4.78, 5) is 12.5. The van der Waals surface area contributed by atoms with Gasteiger partial charge in [0.2, 0.25) is 5.91 Å². The van der Waals surface area contributed by atoms with Crippen molar-refractivity contribution in [2.75, 3.05) is 25.0 Å². The van der Waals surface area contributed by atoms with E-state index in [-0.39, 0.29) is 11.7 Å². The first-order valence-electron chi connectivity index (χ1n) is 7.56. The van der Waals surface area contributed by atoms with Gasteiger partial charge in [-0.2, -0.15) is 0 Å². The molecule has 0 saturated carbocycles. The third-order valence-corrected chi connectivity index (χ3v) is 4.12. The van der Waals surface area contributed by atoms with Crippen molar-refractivity contribution in [3.05, 3.63) is 24.0 Å². The molecule has 1 fully saturated rings. The average molecular weight is 294 g/mol. The van der Waals surface area contributed by atoms with Gasteiger partial charge in [-0.05, 0) is 44.9 Å². The molecule has 21 heavy (non-hydrogen) atoms. The molecule has 0 bridgehead atoms. The summed E-state index contributed by atoms with van der Waals surface area (Å²) >= 11 is 0. The highest BCUT2D eigenvalue weighted by molar-refractivity contribution is 5.95. The van der Waals surface area contributed by atoms with Crippen LogP contribution in [0.5, 0.6) is 5.75 Å². The monoisotopic (exact) mass is 294 g/mol. The molecule has 1 unspecified atom stereocenters. The van der Waals surface area contributed by atoms with E-state index < -0.39 is 11.2 Å². The molecule has 1 aliphatic heterocycles. The lowest BCUT2D eigenvalue weighted by atomic mass is 9.77. The Morgan fingerprint density at radius 2 is 2.29 bits per heavy atom. The summed E-state index contributed by atoms with van der Waals surface area (Å²) in [5.41, 5.74) is 0.0761. The molecular formula is C16H23FN2O2. The summed E-state index contributed by atoms with van der Waals surface area (Å²) in [6, 6.07) is 4.53. The number of carbonyl (C=O) groups is 1. The van der Waals surface area contributed by atoms with Gasteiger partial charge in [0.05, 0.1) is 12.0 Å². The first-order valence-corrected chi connectivity index (χ1v) is 7.56. The number of hydrogen-bond donors (Lipinski definition) is 2. The summed E-state index contributed by atoms with van der Waals surface area (Å²) in [5.74, 6) is -0.289. The minimum Gasteiger partial charge on any atom is -0.491 e. The Morgan fingerprint density at radius 3 is 2.86 bits per heavy atom. The molecule has 1 heterocycles. The number of amides is 1. The van der Waals surface area contributed by atoms with Crippen LogP contribution in [0.2, 0.25) is 0 Å². The van der Waals surface area contributed by atoms with Gasteiger partial charge in [-0.25, -0.2) is 4.39 Å². The van der Waals surface area contributed by atoms with Crippen LogP contribution in [0.4, 0.5) is 10.1 Å². The highest BCUT2D eigenvalue weighted by Crippen LogP contribution is 2.32. The third-order valence-electron chi connectivity index (χ3n) is 4.12. The maximum atomic E-state index is 13.8. The van der Waals surface area contributed by atoms with E-state index in [0.29, 0.717) is 18.8 Å². The first kappa shape index (κ1) is 15.8. The Hall–Kier alpha value is -1.62. The van der Waals surface area contributed by atoms with Crippen LogP contribution in [-0.2, 0) is 4.79 Å². The second-order valence-corrected chi connectivity index (χ2v) is 5.45. The molecule has 4 nitrogen and oxygen atoms in total. The minimum absolute atomic E-state index is 0.0410. The number of piperidine rings is 1. The van der Waals surface area contributed by atoms with Gasteiger partial charge in [0.1, 0.15) is 0 Å². The standard InChI is InChI=1S/C16H23FN2O2/c1-3-16(8-5-9-18-11-16)15(20)19-12-6-7-14(21-4-2)13(17)10-12/h6-7,10,18H,3-5,8-9,11H2,1-2H3,(H,19,20). The average Bonchev–Trinajstić information content (AvgIpc) is 2.50. The van der Waals surface area contributed by atoms with Crippen LogP contribution in [0.25, 0.3) is 0 Å². The van der Waals surface area contributed by atoms with Crippen molar-refractivity contribution < 1.29 is 13.9 Å². The SMILES string of the molecule is CCOc1ccc(NC(=O)C2(CC)CCCNC2)cc1F. The normalized spacial score (nSPS) is 21.9. The Labute approximate surface area is 125 Å².